The lowest BCUT2D eigenvalue weighted by Crippen LogP contribution is -2.19. The van der Waals surface area contributed by atoms with E-state index in [0.717, 1.165) is 22.6 Å². The molecule has 5 rings (SSSR count). The highest BCUT2D eigenvalue weighted by Crippen LogP contribution is 2.35. The average molecular weight is 392 g/mol. The number of nitrogens with one attached hydrogen (secondary N) is 1. The number of aryl methyl sites for hydroxylation is 1. The van der Waals surface area contributed by atoms with E-state index < -0.39 is 6.03 Å². The molecule has 1 heterocycles. The number of carbonyl (C=O) groups is 1. The second-order valence-electron chi connectivity index (χ2n) is 7.31. The number of amides is 2. The fraction of sp³-hybridized carbons (Fsp3) is 0.0400. The van der Waals surface area contributed by atoms with Gasteiger partial charge >= 0.3 is 6.03 Å². The number of hydrogen-bond donors (Lipinski definition) is 2. The number of nitrogens with two attached hydrogens (primary N) is 1. The van der Waals surface area contributed by atoms with Crippen LogP contribution in [0.3, 0.4) is 0 Å². The van der Waals surface area contributed by atoms with Crippen LogP contribution in [0.4, 0.5) is 10.5 Å². The van der Waals surface area contributed by atoms with Crippen LogP contribution in [0.15, 0.2) is 84.9 Å². The summed E-state index contributed by atoms with van der Waals surface area (Å²) in [5.74, 6) is 0. The van der Waals surface area contributed by atoms with Crippen molar-refractivity contribution in [2.24, 2.45) is 5.73 Å². The Labute approximate surface area is 173 Å². The number of primary amides is 1. The molecule has 0 radical (unpaired) electrons. The second-order valence-corrected chi connectivity index (χ2v) is 7.31. The zero-order valence-electron chi connectivity index (χ0n) is 16.5. The van der Waals surface area contributed by atoms with Gasteiger partial charge in [-0.25, -0.2) is 9.48 Å². The van der Waals surface area contributed by atoms with Gasteiger partial charge in [0.25, 0.3) is 0 Å². The van der Waals surface area contributed by atoms with Crippen molar-refractivity contribution < 1.29 is 4.79 Å². The highest BCUT2D eigenvalue weighted by atomic mass is 16.2. The molecule has 0 bridgehead atoms. The molecular formula is C25H20N4O. The fourth-order valence-corrected chi connectivity index (χ4v) is 3.99. The maximum atomic E-state index is 11.1. The van der Waals surface area contributed by atoms with Gasteiger partial charge in [-0.05, 0) is 58.8 Å². The first kappa shape index (κ1) is 17.9. The van der Waals surface area contributed by atoms with Crippen molar-refractivity contribution in [1.82, 2.24) is 9.78 Å². The van der Waals surface area contributed by atoms with Crippen molar-refractivity contribution in [3.8, 4) is 16.9 Å². The minimum absolute atomic E-state index is 0.582. The molecule has 5 heteroatoms. The third kappa shape index (κ3) is 3.06. The molecule has 2 amide bonds. The van der Waals surface area contributed by atoms with E-state index in [-0.39, 0.29) is 0 Å². The number of benzene rings is 4. The number of hydrogen-bond acceptors (Lipinski definition) is 2. The molecule has 4 aromatic carbocycles. The zero-order valence-corrected chi connectivity index (χ0v) is 16.5. The van der Waals surface area contributed by atoms with Crippen molar-refractivity contribution in [2.45, 2.75) is 6.92 Å². The lowest BCUT2D eigenvalue weighted by Gasteiger charge is -2.13. The Balaban J connectivity index is 1.72. The van der Waals surface area contributed by atoms with E-state index in [2.05, 4.69) is 66.0 Å². The number of urea groups is 1. The van der Waals surface area contributed by atoms with E-state index in [1.165, 1.54) is 21.5 Å². The quantitative estimate of drug-likeness (QED) is 0.390. The molecular weight excluding hydrogens is 372 g/mol. The van der Waals surface area contributed by atoms with Gasteiger partial charge in [-0.1, -0.05) is 54.6 Å². The van der Waals surface area contributed by atoms with E-state index in [9.17, 15) is 4.79 Å². The van der Waals surface area contributed by atoms with Gasteiger partial charge in [0.2, 0.25) is 0 Å². The number of carbonyl (C=O) groups excluding carboxylic acids is 1. The smallest absolute Gasteiger partial charge is 0.316 e. The molecule has 0 fully saturated rings. The lowest BCUT2D eigenvalue weighted by molar-refractivity contribution is 0.259. The van der Waals surface area contributed by atoms with Crippen LogP contribution < -0.4 is 11.1 Å². The molecule has 0 spiro atoms. The van der Waals surface area contributed by atoms with Gasteiger partial charge in [0.1, 0.15) is 0 Å². The standard InChI is InChI=1S/C25H20N4O/c1-16-15-23(29(28-16)20-13-11-19(12-14-20)27-25(26)30)22-8-4-6-18-10-9-17-5-2-3-7-21(17)24(18)22/h2-15H,1H3,(H3,26,27,30). The molecule has 3 N–H and O–H groups in total. The third-order valence-corrected chi connectivity index (χ3v) is 5.26. The molecule has 0 saturated carbocycles. The third-order valence-electron chi connectivity index (χ3n) is 5.26. The monoisotopic (exact) mass is 392 g/mol. The van der Waals surface area contributed by atoms with Crippen LogP contribution in [0.1, 0.15) is 5.69 Å². The van der Waals surface area contributed by atoms with Crippen LogP contribution >= 0.6 is 0 Å². The molecule has 0 aliphatic heterocycles. The largest absolute Gasteiger partial charge is 0.351 e. The normalized spacial score (nSPS) is 11.1. The topological polar surface area (TPSA) is 72.9 Å². The first-order chi connectivity index (χ1) is 14.6. The van der Waals surface area contributed by atoms with Gasteiger partial charge in [-0.2, -0.15) is 5.10 Å². The first-order valence-electron chi connectivity index (χ1n) is 9.74. The van der Waals surface area contributed by atoms with Gasteiger partial charge in [0.05, 0.1) is 17.1 Å². The molecule has 0 unspecified atom stereocenters. The van der Waals surface area contributed by atoms with Gasteiger partial charge in [-0.15, -0.1) is 0 Å². The molecule has 30 heavy (non-hydrogen) atoms. The Morgan fingerprint density at radius 1 is 0.900 bits per heavy atom. The minimum Gasteiger partial charge on any atom is -0.351 e. The summed E-state index contributed by atoms with van der Waals surface area (Å²) in [4.78, 5) is 11.1. The summed E-state index contributed by atoms with van der Waals surface area (Å²) >= 11 is 0. The molecule has 0 aliphatic carbocycles. The van der Waals surface area contributed by atoms with Crippen LogP contribution in [-0.2, 0) is 0 Å². The predicted molar refractivity (Wildman–Crippen MR) is 122 cm³/mol. The maximum absolute atomic E-state index is 11.1. The van der Waals surface area contributed by atoms with Gasteiger partial charge < -0.3 is 11.1 Å². The molecule has 0 aliphatic rings. The van der Waals surface area contributed by atoms with Gasteiger partial charge in [-0.3, -0.25) is 0 Å². The van der Waals surface area contributed by atoms with Crippen LogP contribution in [0.25, 0.3) is 38.5 Å². The van der Waals surface area contributed by atoms with Crippen LogP contribution in [0, 0.1) is 6.92 Å². The van der Waals surface area contributed by atoms with E-state index in [1.807, 2.05) is 35.9 Å². The van der Waals surface area contributed by atoms with E-state index in [1.54, 1.807) is 0 Å². The molecule has 1 aromatic heterocycles. The summed E-state index contributed by atoms with van der Waals surface area (Å²) in [5.41, 5.74) is 9.84. The van der Waals surface area contributed by atoms with Crippen molar-refractivity contribution in [2.75, 3.05) is 5.32 Å². The van der Waals surface area contributed by atoms with Gasteiger partial charge in [0.15, 0.2) is 0 Å². The number of anilines is 1. The lowest BCUT2D eigenvalue weighted by atomic mass is 9.96. The Morgan fingerprint density at radius 2 is 1.63 bits per heavy atom. The molecule has 0 saturated heterocycles. The zero-order chi connectivity index (χ0) is 20.7. The first-order valence-corrected chi connectivity index (χ1v) is 9.74. The SMILES string of the molecule is Cc1cc(-c2cccc3ccc4ccccc4c23)n(-c2ccc(NC(N)=O)cc2)n1. The summed E-state index contributed by atoms with van der Waals surface area (Å²) in [5, 5.41) is 12.2. The Morgan fingerprint density at radius 3 is 2.43 bits per heavy atom. The van der Waals surface area contributed by atoms with Crippen LogP contribution in [0.2, 0.25) is 0 Å². The predicted octanol–water partition coefficient (Wildman–Crippen LogP) is 5.64. The molecule has 5 aromatic rings. The number of fused-ring (bicyclic) bond motifs is 3. The van der Waals surface area contributed by atoms with Crippen molar-refractivity contribution >= 4 is 33.3 Å². The Bertz CT molecular complexity index is 1400. The van der Waals surface area contributed by atoms with E-state index >= 15 is 0 Å². The number of nitrogens with zero attached hydrogens (tertiary/aromatic N) is 2. The summed E-state index contributed by atoms with van der Waals surface area (Å²) in [6, 6.07) is 28.1. The number of rotatable bonds is 3. The highest BCUT2D eigenvalue weighted by Gasteiger charge is 2.14. The van der Waals surface area contributed by atoms with E-state index in [0.29, 0.717) is 5.69 Å². The van der Waals surface area contributed by atoms with Gasteiger partial charge in [0, 0.05) is 11.3 Å². The molecule has 5 nitrogen and oxygen atoms in total. The van der Waals surface area contributed by atoms with Crippen molar-refractivity contribution in [3.05, 3.63) is 90.6 Å². The maximum Gasteiger partial charge on any atom is 0.316 e. The van der Waals surface area contributed by atoms with E-state index in [4.69, 9.17) is 10.8 Å². The fourth-order valence-electron chi connectivity index (χ4n) is 3.99. The van der Waals surface area contributed by atoms with Crippen LogP contribution in [-0.4, -0.2) is 15.8 Å². The minimum atomic E-state index is -0.582. The Hall–Kier alpha value is -4.12. The molecule has 146 valence electrons. The summed E-state index contributed by atoms with van der Waals surface area (Å²) in [6.07, 6.45) is 0. The average Bonchev–Trinajstić information content (AvgIpc) is 3.14. The highest BCUT2D eigenvalue weighted by molar-refractivity contribution is 6.14. The van der Waals surface area contributed by atoms with Crippen molar-refractivity contribution in [3.63, 3.8) is 0 Å². The summed E-state index contributed by atoms with van der Waals surface area (Å²) in [7, 11) is 0. The van der Waals surface area contributed by atoms with Crippen molar-refractivity contribution in [1.29, 1.82) is 0 Å². The Kier molecular flexibility index (Phi) is 4.21. The number of aromatic nitrogens is 2. The van der Waals surface area contributed by atoms with Crippen LogP contribution in [0.5, 0.6) is 0 Å². The summed E-state index contributed by atoms with van der Waals surface area (Å²) in [6.45, 7) is 1.99. The molecule has 0 atom stereocenters. The summed E-state index contributed by atoms with van der Waals surface area (Å²) < 4.78 is 1.94. The second kappa shape index (κ2) is 7.04.